The highest BCUT2D eigenvalue weighted by atomic mass is 19.4. The van der Waals surface area contributed by atoms with Gasteiger partial charge in [-0.15, -0.1) is 0 Å². The third-order valence-electron chi connectivity index (χ3n) is 7.29. The van der Waals surface area contributed by atoms with E-state index in [9.17, 15) is 41.0 Å². The molecule has 252 valence electrons. The minimum Gasteiger partial charge on any atom is -0.489 e. The van der Waals surface area contributed by atoms with Crippen molar-refractivity contribution in [2.75, 3.05) is 6.61 Å². The van der Waals surface area contributed by atoms with Crippen LogP contribution in [-0.4, -0.2) is 23.6 Å². The highest BCUT2D eigenvalue weighted by Crippen LogP contribution is 2.43. The smallest absolute Gasteiger partial charge is 0.416 e. The molecule has 0 heterocycles. The first-order chi connectivity index (χ1) is 23.3. The fraction of sp³-hybridized carbons (Fsp3) is 0.135. The van der Waals surface area contributed by atoms with Crippen LogP contribution in [0.3, 0.4) is 0 Å². The largest absolute Gasteiger partial charge is 0.489 e. The quantitative estimate of drug-likeness (QED) is 0.136. The zero-order valence-corrected chi connectivity index (χ0v) is 25.4. The summed E-state index contributed by atoms with van der Waals surface area (Å²) in [4.78, 5) is 25.0. The Morgan fingerprint density at radius 1 is 0.633 bits per heavy atom. The van der Waals surface area contributed by atoms with Gasteiger partial charge in [-0.3, -0.25) is 4.79 Å². The summed E-state index contributed by atoms with van der Waals surface area (Å²) in [6, 6.07) is 26.8. The van der Waals surface area contributed by atoms with Crippen LogP contribution >= 0.6 is 0 Å². The van der Waals surface area contributed by atoms with Gasteiger partial charge in [-0.2, -0.15) is 26.3 Å². The van der Waals surface area contributed by atoms with Crippen molar-refractivity contribution in [2.45, 2.75) is 25.5 Å². The van der Waals surface area contributed by atoms with Gasteiger partial charge in [0, 0.05) is 23.2 Å². The summed E-state index contributed by atoms with van der Waals surface area (Å²) in [5.41, 5.74) is -1.10. The Morgan fingerprint density at radius 3 is 1.73 bits per heavy atom. The fourth-order valence-corrected chi connectivity index (χ4v) is 4.97. The van der Waals surface area contributed by atoms with E-state index in [-0.39, 0.29) is 40.1 Å². The molecule has 0 atom stereocenters. The van der Waals surface area contributed by atoms with E-state index in [2.05, 4.69) is 5.32 Å². The monoisotopic (exact) mass is 679 g/mol. The number of carboxylic acids is 1. The molecule has 0 aromatic heterocycles. The van der Waals surface area contributed by atoms with E-state index in [1.807, 2.05) is 30.3 Å². The number of carbonyl (C=O) groups is 2. The van der Waals surface area contributed by atoms with Crippen molar-refractivity contribution >= 4 is 11.9 Å². The Morgan fingerprint density at radius 2 is 1.18 bits per heavy atom. The second-order valence-corrected chi connectivity index (χ2v) is 10.8. The van der Waals surface area contributed by atoms with Crippen LogP contribution in [0.1, 0.15) is 32.6 Å². The summed E-state index contributed by atoms with van der Waals surface area (Å²) < 4.78 is 93.5. The van der Waals surface area contributed by atoms with E-state index in [0.717, 1.165) is 42.0 Å². The Balaban J connectivity index is 1.54. The van der Waals surface area contributed by atoms with Gasteiger partial charge < -0.3 is 19.9 Å². The Labute approximate surface area is 276 Å². The molecule has 2 N–H and O–H groups in total. The third-order valence-corrected chi connectivity index (χ3v) is 7.29. The van der Waals surface area contributed by atoms with Gasteiger partial charge in [-0.1, -0.05) is 66.7 Å². The number of aliphatic carboxylic acids is 1. The summed E-state index contributed by atoms with van der Waals surface area (Å²) in [5, 5.41) is 12.1. The summed E-state index contributed by atoms with van der Waals surface area (Å²) in [7, 11) is 0. The molecule has 5 aromatic rings. The number of ether oxygens (including phenoxy) is 2. The van der Waals surface area contributed by atoms with E-state index >= 15 is 0 Å². The van der Waals surface area contributed by atoms with Crippen LogP contribution in [0, 0.1) is 0 Å². The number of hydrogen-bond acceptors (Lipinski definition) is 4. The molecule has 0 aliphatic heterocycles. The van der Waals surface area contributed by atoms with Crippen LogP contribution < -0.4 is 14.8 Å². The lowest BCUT2D eigenvalue weighted by Crippen LogP contribution is -2.23. The van der Waals surface area contributed by atoms with E-state index in [0.29, 0.717) is 17.9 Å². The molecule has 0 unspecified atom stereocenters. The predicted molar refractivity (Wildman–Crippen MR) is 169 cm³/mol. The maximum atomic E-state index is 13.7. The first-order valence-corrected chi connectivity index (χ1v) is 14.7. The summed E-state index contributed by atoms with van der Waals surface area (Å²) in [6.07, 6.45) is -9.51. The van der Waals surface area contributed by atoms with Gasteiger partial charge >= 0.3 is 18.3 Å². The molecule has 6 nitrogen and oxygen atoms in total. The number of hydrogen-bond donors (Lipinski definition) is 2. The van der Waals surface area contributed by atoms with Crippen molar-refractivity contribution < 1.29 is 50.5 Å². The highest BCUT2D eigenvalue weighted by molar-refractivity contribution is 5.99. The molecule has 1 amide bonds. The maximum absolute atomic E-state index is 13.7. The van der Waals surface area contributed by atoms with Crippen molar-refractivity contribution in [3.8, 4) is 33.8 Å². The molecular weight excluding hydrogens is 652 g/mol. The summed E-state index contributed by atoms with van der Waals surface area (Å²) in [5.74, 6) is -1.93. The molecule has 0 fully saturated rings. The van der Waals surface area contributed by atoms with Gasteiger partial charge in [0.2, 0.25) is 0 Å². The minimum atomic E-state index is -4.75. The fourth-order valence-electron chi connectivity index (χ4n) is 4.97. The number of rotatable bonds is 11. The molecule has 0 radical (unpaired) electrons. The van der Waals surface area contributed by atoms with Gasteiger partial charge in [0.25, 0.3) is 5.91 Å². The average Bonchev–Trinajstić information content (AvgIpc) is 3.08. The highest BCUT2D eigenvalue weighted by Gasteiger charge is 2.32. The van der Waals surface area contributed by atoms with Crippen molar-refractivity contribution in [3.05, 3.63) is 143 Å². The number of carboxylic acid groups (broad SMARTS) is 1. The molecule has 0 spiro atoms. The van der Waals surface area contributed by atoms with Crippen LogP contribution in [0.4, 0.5) is 26.3 Å². The first kappa shape index (κ1) is 34.6. The molecule has 0 bridgehead atoms. The molecular formula is C37H27F6NO5. The van der Waals surface area contributed by atoms with Gasteiger partial charge in [0.15, 0.2) is 6.61 Å². The maximum Gasteiger partial charge on any atom is 0.416 e. The van der Waals surface area contributed by atoms with Crippen molar-refractivity contribution in [3.63, 3.8) is 0 Å². The molecule has 5 rings (SSSR count). The van der Waals surface area contributed by atoms with Crippen molar-refractivity contribution in [2.24, 2.45) is 0 Å². The minimum absolute atomic E-state index is 0.00355. The standard InChI is InChI=1S/C37H27F6NO5/c38-36(39,40)28-12-5-10-25(16-28)31-18-27(19-32(34(31)49-22-33(45)46)26-11-6-13-29(17-26)37(41,42)43)35(47)44-20-24-9-4-14-30(15-24)48-21-23-7-2-1-3-8-23/h1-19H,20-22H2,(H,44,47)(H,45,46). The molecule has 0 aliphatic carbocycles. The average molecular weight is 680 g/mol. The Hall–Kier alpha value is -5.78. The summed E-state index contributed by atoms with van der Waals surface area (Å²) >= 11 is 0. The van der Waals surface area contributed by atoms with E-state index in [4.69, 9.17) is 9.47 Å². The third kappa shape index (κ3) is 8.98. The molecule has 5 aromatic carbocycles. The van der Waals surface area contributed by atoms with E-state index < -0.39 is 42.0 Å². The molecule has 0 saturated heterocycles. The van der Waals surface area contributed by atoms with Crippen LogP contribution in [0.25, 0.3) is 22.3 Å². The van der Waals surface area contributed by atoms with E-state index in [1.165, 1.54) is 24.3 Å². The van der Waals surface area contributed by atoms with Crippen molar-refractivity contribution in [1.82, 2.24) is 5.32 Å². The molecule has 49 heavy (non-hydrogen) atoms. The predicted octanol–water partition coefficient (Wildman–Crippen LogP) is 9.03. The number of halogens is 6. The lowest BCUT2D eigenvalue weighted by atomic mass is 9.92. The van der Waals surface area contributed by atoms with Gasteiger partial charge in [0.1, 0.15) is 18.1 Å². The Bertz CT molecular complexity index is 1880. The number of alkyl halides is 6. The topological polar surface area (TPSA) is 84.9 Å². The normalized spacial score (nSPS) is 11.6. The van der Waals surface area contributed by atoms with Crippen molar-refractivity contribution in [1.29, 1.82) is 0 Å². The van der Waals surface area contributed by atoms with Gasteiger partial charge in [0.05, 0.1) is 11.1 Å². The van der Waals surface area contributed by atoms with Gasteiger partial charge in [-0.05, 0) is 70.8 Å². The number of amides is 1. The molecule has 12 heteroatoms. The van der Waals surface area contributed by atoms with Gasteiger partial charge in [-0.25, -0.2) is 4.79 Å². The van der Waals surface area contributed by atoms with Crippen LogP contribution in [0.5, 0.6) is 11.5 Å². The zero-order valence-electron chi connectivity index (χ0n) is 25.4. The first-order valence-electron chi connectivity index (χ1n) is 14.7. The SMILES string of the molecule is O=C(O)COc1c(-c2cccc(C(F)(F)F)c2)cc(C(=O)NCc2cccc(OCc3ccccc3)c2)cc1-c1cccc(C(F)(F)F)c1. The molecule has 0 aliphatic rings. The van der Waals surface area contributed by atoms with E-state index in [1.54, 1.807) is 24.3 Å². The molecule has 0 saturated carbocycles. The second-order valence-electron chi connectivity index (χ2n) is 10.8. The van der Waals surface area contributed by atoms with Crippen LogP contribution in [0.2, 0.25) is 0 Å². The summed E-state index contributed by atoms with van der Waals surface area (Å²) in [6.45, 7) is -0.661. The Kier molecular flexibility index (Phi) is 10.3. The number of nitrogens with one attached hydrogen (secondary N) is 1. The van der Waals surface area contributed by atoms with Crippen LogP contribution in [0.15, 0.2) is 115 Å². The second kappa shape index (κ2) is 14.5. The lowest BCUT2D eigenvalue weighted by Gasteiger charge is -2.19. The number of benzene rings is 5. The zero-order chi connectivity index (χ0) is 35.2. The van der Waals surface area contributed by atoms with Crippen LogP contribution in [-0.2, 0) is 30.3 Å². The number of carbonyl (C=O) groups excluding carboxylic acids is 1. The lowest BCUT2D eigenvalue weighted by molar-refractivity contribution is -0.139.